The Morgan fingerprint density at radius 3 is 2.90 bits per heavy atom. The van der Waals surface area contributed by atoms with Crippen LogP contribution in [0.15, 0.2) is 12.2 Å². The van der Waals surface area contributed by atoms with Gasteiger partial charge in [0.05, 0.1) is 0 Å². The standard InChI is InChI=1S/C7H10O3/c1-2-3-5-4-6(8)7(9)10-5/h2-3,5-6,8H,4H2,1H3/b3-2+/t5-,6+/m0/s1. The van der Waals surface area contributed by atoms with E-state index in [1.54, 1.807) is 12.2 Å². The molecule has 0 spiro atoms. The molecule has 0 saturated carbocycles. The predicted octanol–water partition coefficient (Wildman–Crippen LogP) is 0.239. The van der Waals surface area contributed by atoms with Crippen molar-refractivity contribution in [2.24, 2.45) is 0 Å². The van der Waals surface area contributed by atoms with Crippen molar-refractivity contribution in [1.29, 1.82) is 0 Å². The fraction of sp³-hybridized carbons (Fsp3) is 0.571. The molecule has 56 valence electrons. The van der Waals surface area contributed by atoms with E-state index >= 15 is 0 Å². The molecule has 1 fully saturated rings. The highest BCUT2D eigenvalue weighted by atomic mass is 16.6. The van der Waals surface area contributed by atoms with Gasteiger partial charge in [-0.05, 0) is 13.0 Å². The molecule has 3 heteroatoms. The molecule has 10 heavy (non-hydrogen) atoms. The third-order valence-electron chi connectivity index (χ3n) is 1.40. The van der Waals surface area contributed by atoms with Crippen LogP contribution in [0.5, 0.6) is 0 Å². The highest BCUT2D eigenvalue weighted by Crippen LogP contribution is 2.15. The molecule has 0 unspecified atom stereocenters. The van der Waals surface area contributed by atoms with Gasteiger partial charge in [-0.2, -0.15) is 0 Å². The Bertz CT molecular complexity index is 162. The van der Waals surface area contributed by atoms with Crippen LogP contribution in [0.3, 0.4) is 0 Å². The summed E-state index contributed by atoms with van der Waals surface area (Å²) in [6.07, 6.45) is 2.82. The van der Waals surface area contributed by atoms with Gasteiger partial charge in [-0.15, -0.1) is 0 Å². The fourth-order valence-electron chi connectivity index (χ4n) is 0.925. The quantitative estimate of drug-likeness (QED) is 0.421. The minimum Gasteiger partial charge on any atom is -0.456 e. The number of ether oxygens (including phenoxy) is 1. The molecule has 1 aliphatic heterocycles. The van der Waals surface area contributed by atoms with E-state index in [0.29, 0.717) is 6.42 Å². The van der Waals surface area contributed by atoms with Crippen molar-refractivity contribution in [1.82, 2.24) is 0 Å². The average Bonchev–Trinajstić information content (AvgIpc) is 2.14. The third kappa shape index (κ3) is 1.36. The topological polar surface area (TPSA) is 46.5 Å². The molecule has 1 rings (SSSR count). The molecule has 1 heterocycles. The second kappa shape index (κ2) is 2.84. The number of esters is 1. The van der Waals surface area contributed by atoms with Crippen LogP contribution in [0.4, 0.5) is 0 Å². The summed E-state index contributed by atoms with van der Waals surface area (Å²) < 4.78 is 4.74. The van der Waals surface area contributed by atoms with Crippen molar-refractivity contribution in [2.45, 2.75) is 25.6 Å². The van der Waals surface area contributed by atoms with Crippen molar-refractivity contribution in [3.63, 3.8) is 0 Å². The summed E-state index contributed by atoms with van der Waals surface area (Å²) in [7, 11) is 0. The number of hydrogen-bond acceptors (Lipinski definition) is 3. The van der Waals surface area contributed by atoms with Crippen molar-refractivity contribution < 1.29 is 14.6 Å². The lowest BCUT2D eigenvalue weighted by molar-refractivity contribution is -0.146. The normalized spacial score (nSPS) is 33.2. The van der Waals surface area contributed by atoms with Gasteiger partial charge >= 0.3 is 5.97 Å². The lowest BCUT2D eigenvalue weighted by Crippen LogP contribution is -2.11. The first kappa shape index (κ1) is 7.28. The molecule has 0 aromatic carbocycles. The summed E-state index contributed by atoms with van der Waals surface area (Å²) in [6.45, 7) is 1.85. The second-order valence-corrected chi connectivity index (χ2v) is 2.25. The number of aliphatic hydroxyl groups excluding tert-OH is 1. The van der Waals surface area contributed by atoms with Gasteiger partial charge < -0.3 is 9.84 Å². The van der Waals surface area contributed by atoms with Gasteiger partial charge in [-0.25, -0.2) is 4.79 Å². The zero-order valence-corrected chi connectivity index (χ0v) is 5.78. The van der Waals surface area contributed by atoms with Crippen LogP contribution >= 0.6 is 0 Å². The number of aliphatic hydroxyl groups is 1. The van der Waals surface area contributed by atoms with Crippen molar-refractivity contribution in [3.8, 4) is 0 Å². The first-order chi connectivity index (χ1) is 4.74. The molecule has 0 radical (unpaired) electrons. The van der Waals surface area contributed by atoms with Crippen LogP contribution in [-0.4, -0.2) is 23.3 Å². The Hall–Kier alpha value is -0.830. The Labute approximate surface area is 59.3 Å². The largest absolute Gasteiger partial charge is 0.456 e. The zero-order valence-electron chi connectivity index (χ0n) is 5.78. The molecule has 0 bridgehead atoms. The smallest absolute Gasteiger partial charge is 0.335 e. The van der Waals surface area contributed by atoms with E-state index < -0.39 is 12.1 Å². The Morgan fingerprint density at radius 1 is 1.80 bits per heavy atom. The predicted molar refractivity (Wildman–Crippen MR) is 35.3 cm³/mol. The Balaban J connectivity index is 2.49. The lowest BCUT2D eigenvalue weighted by Gasteiger charge is -1.98. The van der Waals surface area contributed by atoms with Gasteiger partial charge in [0.1, 0.15) is 6.10 Å². The van der Waals surface area contributed by atoms with Crippen LogP contribution in [0.25, 0.3) is 0 Å². The van der Waals surface area contributed by atoms with E-state index in [0.717, 1.165) is 0 Å². The number of hydrogen-bond donors (Lipinski definition) is 1. The van der Waals surface area contributed by atoms with Crippen LogP contribution in [0.1, 0.15) is 13.3 Å². The van der Waals surface area contributed by atoms with Gasteiger partial charge in [-0.1, -0.05) is 6.08 Å². The minimum absolute atomic E-state index is 0.215. The van der Waals surface area contributed by atoms with Gasteiger partial charge in [0.2, 0.25) is 0 Å². The molecule has 1 saturated heterocycles. The molecule has 0 aromatic rings. The Kier molecular flexibility index (Phi) is 2.06. The van der Waals surface area contributed by atoms with Gasteiger partial charge in [-0.3, -0.25) is 0 Å². The van der Waals surface area contributed by atoms with Crippen molar-refractivity contribution in [3.05, 3.63) is 12.2 Å². The SMILES string of the molecule is C/C=C/[C@H]1C[C@@H](O)C(=O)O1. The fourth-order valence-corrected chi connectivity index (χ4v) is 0.925. The molecule has 1 aliphatic rings. The monoisotopic (exact) mass is 142 g/mol. The maximum atomic E-state index is 10.6. The highest BCUT2D eigenvalue weighted by molar-refractivity contribution is 5.76. The van der Waals surface area contributed by atoms with Crippen LogP contribution in [0.2, 0.25) is 0 Å². The van der Waals surface area contributed by atoms with Gasteiger partial charge in [0.15, 0.2) is 6.10 Å². The summed E-state index contributed by atoms with van der Waals surface area (Å²) in [4.78, 5) is 10.6. The van der Waals surface area contributed by atoms with E-state index in [1.165, 1.54) is 0 Å². The summed E-state index contributed by atoms with van der Waals surface area (Å²) in [5, 5.41) is 8.89. The van der Waals surface area contributed by atoms with Gasteiger partial charge in [0.25, 0.3) is 0 Å². The first-order valence-electron chi connectivity index (χ1n) is 3.25. The molecule has 2 atom stereocenters. The van der Waals surface area contributed by atoms with Crippen molar-refractivity contribution in [2.75, 3.05) is 0 Å². The number of cyclic esters (lactones) is 1. The summed E-state index contributed by atoms with van der Waals surface area (Å²) >= 11 is 0. The summed E-state index contributed by atoms with van der Waals surface area (Å²) in [6, 6.07) is 0. The highest BCUT2D eigenvalue weighted by Gasteiger charge is 2.30. The van der Waals surface area contributed by atoms with E-state index in [-0.39, 0.29) is 6.10 Å². The second-order valence-electron chi connectivity index (χ2n) is 2.25. The lowest BCUT2D eigenvalue weighted by atomic mass is 10.2. The van der Waals surface area contributed by atoms with E-state index in [2.05, 4.69) is 0 Å². The third-order valence-corrected chi connectivity index (χ3v) is 1.40. The van der Waals surface area contributed by atoms with Crippen LogP contribution in [-0.2, 0) is 9.53 Å². The molecule has 0 amide bonds. The van der Waals surface area contributed by atoms with Crippen molar-refractivity contribution >= 4 is 5.97 Å². The number of carbonyl (C=O) groups is 1. The maximum absolute atomic E-state index is 10.6. The molecular weight excluding hydrogens is 132 g/mol. The molecule has 0 aromatic heterocycles. The van der Waals surface area contributed by atoms with Crippen LogP contribution < -0.4 is 0 Å². The van der Waals surface area contributed by atoms with Crippen LogP contribution in [0, 0.1) is 0 Å². The zero-order chi connectivity index (χ0) is 7.56. The number of allylic oxidation sites excluding steroid dienone is 1. The minimum atomic E-state index is -0.916. The van der Waals surface area contributed by atoms with E-state index in [1.807, 2.05) is 6.92 Å². The average molecular weight is 142 g/mol. The molecule has 1 N–H and O–H groups in total. The number of rotatable bonds is 1. The first-order valence-corrected chi connectivity index (χ1v) is 3.25. The molecule has 0 aliphatic carbocycles. The van der Waals surface area contributed by atoms with E-state index in [9.17, 15) is 4.79 Å². The number of carbonyl (C=O) groups excluding carboxylic acids is 1. The maximum Gasteiger partial charge on any atom is 0.335 e. The summed E-state index contributed by atoms with van der Waals surface area (Å²) in [5.74, 6) is -0.511. The molecule has 3 nitrogen and oxygen atoms in total. The van der Waals surface area contributed by atoms with Gasteiger partial charge in [0, 0.05) is 6.42 Å². The summed E-state index contributed by atoms with van der Waals surface area (Å²) in [5.41, 5.74) is 0. The Morgan fingerprint density at radius 2 is 2.50 bits per heavy atom. The van der Waals surface area contributed by atoms with E-state index in [4.69, 9.17) is 9.84 Å². The molecular formula is C7H10O3.